The average molecular weight is 340 g/mol. The molecule has 0 spiro atoms. The zero-order chi connectivity index (χ0) is 14.7. The molecule has 0 aliphatic carbocycles. The third-order valence-electron chi connectivity index (χ3n) is 3.57. The Hall–Kier alpha value is -1.14. The molecule has 2 aromatic rings. The standard InChI is InChI=1S/C14H22BrN5/c1-5-11-14(15)13(20(6-2)18-11)7-12(16-3)10-8-17-19(4)9-10/h8-9,12,16H,5-7H2,1-4H3. The second kappa shape index (κ2) is 6.54. The summed E-state index contributed by atoms with van der Waals surface area (Å²) >= 11 is 3.71. The molecule has 2 heterocycles. The summed E-state index contributed by atoms with van der Waals surface area (Å²) in [6.07, 6.45) is 5.81. The fraction of sp³-hybridized carbons (Fsp3) is 0.571. The number of aromatic nitrogens is 4. The Morgan fingerprint density at radius 2 is 2.15 bits per heavy atom. The van der Waals surface area contributed by atoms with Crippen molar-refractivity contribution in [2.75, 3.05) is 7.05 Å². The number of aryl methyl sites for hydroxylation is 3. The molecule has 0 aliphatic heterocycles. The van der Waals surface area contributed by atoms with E-state index in [9.17, 15) is 0 Å². The maximum absolute atomic E-state index is 4.65. The van der Waals surface area contributed by atoms with Crippen LogP contribution in [0.4, 0.5) is 0 Å². The van der Waals surface area contributed by atoms with Gasteiger partial charge in [0.25, 0.3) is 0 Å². The quantitative estimate of drug-likeness (QED) is 0.879. The zero-order valence-corrected chi connectivity index (χ0v) is 14.1. The van der Waals surface area contributed by atoms with Crippen LogP contribution in [-0.2, 0) is 26.4 Å². The zero-order valence-electron chi connectivity index (χ0n) is 12.5. The van der Waals surface area contributed by atoms with Gasteiger partial charge in [-0.1, -0.05) is 6.92 Å². The van der Waals surface area contributed by atoms with Gasteiger partial charge in [-0.25, -0.2) is 0 Å². The van der Waals surface area contributed by atoms with E-state index in [0.717, 1.165) is 29.6 Å². The normalized spacial score (nSPS) is 12.8. The lowest BCUT2D eigenvalue weighted by Crippen LogP contribution is -2.20. The molecule has 1 atom stereocenters. The van der Waals surface area contributed by atoms with Crippen molar-refractivity contribution in [2.24, 2.45) is 7.05 Å². The van der Waals surface area contributed by atoms with Gasteiger partial charge in [-0.3, -0.25) is 9.36 Å². The number of nitrogens with one attached hydrogen (secondary N) is 1. The molecule has 2 aromatic heterocycles. The highest BCUT2D eigenvalue weighted by Gasteiger charge is 2.19. The van der Waals surface area contributed by atoms with Crippen LogP contribution >= 0.6 is 15.9 Å². The van der Waals surface area contributed by atoms with E-state index in [-0.39, 0.29) is 6.04 Å². The van der Waals surface area contributed by atoms with Crippen LogP contribution in [0, 0.1) is 0 Å². The molecule has 1 N–H and O–H groups in total. The van der Waals surface area contributed by atoms with Crippen molar-refractivity contribution in [3.05, 3.63) is 33.8 Å². The van der Waals surface area contributed by atoms with Crippen molar-refractivity contribution < 1.29 is 0 Å². The summed E-state index contributed by atoms with van der Waals surface area (Å²) in [6.45, 7) is 5.14. The molecule has 0 aromatic carbocycles. The molecule has 110 valence electrons. The van der Waals surface area contributed by atoms with Gasteiger partial charge in [0.2, 0.25) is 0 Å². The minimum atomic E-state index is 0.242. The molecule has 0 radical (unpaired) electrons. The Labute approximate surface area is 128 Å². The molecule has 0 fully saturated rings. The number of likely N-dealkylation sites (N-methyl/N-ethyl adjacent to an activating group) is 1. The van der Waals surface area contributed by atoms with Gasteiger partial charge in [-0.2, -0.15) is 10.2 Å². The second-order valence-electron chi connectivity index (χ2n) is 4.87. The lowest BCUT2D eigenvalue weighted by Gasteiger charge is -2.15. The topological polar surface area (TPSA) is 47.7 Å². The fourth-order valence-corrected chi connectivity index (χ4v) is 3.14. The summed E-state index contributed by atoms with van der Waals surface area (Å²) < 4.78 is 5.07. The first-order valence-corrected chi connectivity index (χ1v) is 7.79. The first kappa shape index (κ1) is 15.3. The largest absolute Gasteiger partial charge is 0.313 e. The molecule has 0 bridgehead atoms. The summed E-state index contributed by atoms with van der Waals surface area (Å²) in [7, 11) is 3.93. The minimum absolute atomic E-state index is 0.242. The van der Waals surface area contributed by atoms with Gasteiger partial charge < -0.3 is 5.32 Å². The monoisotopic (exact) mass is 339 g/mol. The third kappa shape index (κ3) is 2.96. The number of rotatable bonds is 6. The van der Waals surface area contributed by atoms with Crippen LogP contribution in [-0.4, -0.2) is 26.6 Å². The molecule has 0 aliphatic rings. The first-order valence-electron chi connectivity index (χ1n) is 7.00. The molecular formula is C14H22BrN5. The molecule has 0 saturated carbocycles. The molecule has 2 rings (SSSR count). The van der Waals surface area contributed by atoms with Crippen LogP contribution in [0.15, 0.2) is 16.9 Å². The van der Waals surface area contributed by atoms with Crippen molar-refractivity contribution in [1.82, 2.24) is 24.9 Å². The maximum Gasteiger partial charge on any atom is 0.0766 e. The van der Waals surface area contributed by atoms with Crippen molar-refractivity contribution in [3.8, 4) is 0 Å². The molecule has 6 heteroatoms. The molecule has 1 unspecified atom stereocenters. The number of hydrogen-bond acceptors (Lipinski definition) is 3. The number of nitrogens with zero attached hydrogens (tertiary/aromatic N) is 4. The molecule has 20 heavy (non-hydrogen) atoms. The predicted octanol–water partition coefficient (Wildman–Crippen LogP) is 2.46. The second-order valence-corrected chi connectivity index (χ2v) is 5.66. The first-order chi connectivity index (χ1) is 9.60. The lowest BCUT2D eigenvalue weighted by atomic mass is 10.1. The predicted molar refractivity (Wildman–Crippen MR) is 83.7 cm³/mol. The Morgan fingerprint density at radius 1 is 1.40 bits per heavy atom. The SMILES string of the molecule is CCc1nn(CC)c(CC(NC)c2cnn(C)c2)c1Br. The highest BCUT2D eigenvalue weighted by molar-refractivity contribution is 9.10. The minimum Gasteiger partial charge on any atom is -0.313 e. The summed E-state index contributed by atoms with van der Waals surface area (Å²) in [4.78, 5) is 0. The van der Waals surface area contributed by atoms with Crippen molar-refractivity contribution >= 4 is 15.9 Å². The highest BCUT2D eigenvalue weighted by atomic mass is 79.9. The van der Waals surface area contributed by atoms with Crippen LogP contribution in [0.5, 0.6) is 0 Å². The van der Waals surface area contributed by atoms with Gasteiger partial charge in [0.05, 0.1) is 22.1 Å². The molecule has 0 amide bonds. The highest BCUT2D eigenvalue weighted by Crippen LogP contribution is 2.27. The van der Waals surface area contributed by atoms with Gasteiger partial charge in [0.15, 0.2) is 0 Å². The van der Waals surface area contributed by atoms with E-state index < -0.39 is 0 Å². The summed E-state index contributed by atoms with van der Waals surface area (Å²) in [5.74, 6) is 0. The maximum atomic E-state index is 4.65. The van der Waals surface area contributed by atoms with Gasteiger partial charge in [-0.05, 0) is 36.3 Å². The van der Waals surface area contributed by atoms with E-state index in [1.165, 1.54) is 11.3 Å². The lowest BCUT2D eigenvalue weighted by molar-refractivity contribution is 0.539. The van der Waals surface area contributed by atoms with Crippen LogP contribution in [0.2, 0.25) is 0 Å². The van der Waals surface area contributed by atoms with E-state index in [4.69, 9.17) is 0 Å². The third-order valence-corrected chi connectivity index (χ3v) is 4.48. The van der Waals surface area contributed by atoms with E-state index >= 15 is 0 Å². The van der Waals surface area contributed by atoms with Crippen LogP contribution < -0.4 is 5.32 Å². The summed E-state index contributed by atoms with van der Waals surface area (Å²) in [5, 5.41) is 12.3. The van der Waals surface area contributed by atoms with E-state index in [1.54, 1.807) is 0 Å². The number of hydrogen-bond donors (Lipinski definition) is 1. The molecular weight excluding hydrogens is 318 g/mol. The van der Waals surface area contributed by atoms with E-state index in [2.05, 4.69) is 56.2 Å². The summed E-state index contributed by atoms with van der Waals surface area (Å²) in [6, 6.07) is 0.242. The van der Waals surface area contributed by atoms with Crippen molar-refractivity contribution in [3.63, 3.8) is 0 Å². The van der Waals surface area contributed by atoms with Gasteiger partial charge >= 0.3 is 0 Å². The van der Waals surface area contributed by atoms with Gasteiger partial charge in [0, 0.05) is 37.8 Å². The Kier molecular flexibility index (Phi) is 4.99. The van der Waals surface area contributed by atoms with Gasteiger partial charge in [-0.15, -0.1) is 0 Å². The van der Waals surface area contributed by atoms with Crippen LogP contribution in [0.1, 0.15) is 36.8 Å². The Balaban J connectivity index is 2.29. The molecule has 5 nitrogen and oxygen atoms in total. The van der Waals surface area contributed by atoms with Gasteiger partial charge in [0.1, 0.15) is 0 Å². The average Bonchev–Trinajstić information content (AvgIpc) is 3.00. The number of halogens is 1. The summed E-state index contributed by atoms with van der Waals surface area (Å²) in [5.41, 5.74) is 3.57. The van der Waals surface area contributed by atoms with Crippen LogP contribution in [0.3, 0.4) is 0 Å². The van der Waals surface area contributed by atoms with Crippen LogP contribution in [0.25, 0.3) is 0 Å². The van der Waals surface area contributed by atoms with Crippen molar-refractivity contribution in [1.29, 1.82) is 0 Å². The molecule has 0 saturated heterocycles. The van der Waals surface area contributed by atoms with E-state index in [1.807, 2.05) is 25.0 Å². The fourth-order valence-electron chi connectivity index (χ4n) is 2.41. The Bertz CT molecular complexity index is 572. The van der Waals surface area contributed by atoms with Crippen molar-refractivity contribution in [2.45, 2.75) is 39.3 Å². The smallest absolute Gasteiger partial charge is 0.0766 e. The van der Waals surface area contributed by atoms with E-state index in [0.29, 0.717) is 0 Å². The Morgan fingerprint density at radius 3 is 2.65 bits per heavy atom.